The van der Waals surface area contributed by atoms with Crippen LogP contribution in [0.2, 0.25) is 0 Å². The number of carboxylic acid groups (broad SMARTS) is 1. The zero-order valence-electron chi connectivity index (χ0n) is 19.5. The van der Waals surface area contributed by atoms with E-state index >= 15 is 0 Å². The van der Waals surface area contributed by atoms with Crippen molar-refractivity contribution in [3.63, 3.8) is 0 Å². The van der Waals surface area contributed by atoms with Crippen LogP contribution in [0, 0.1) is 11.3 Å². The van der Waals surface area contributed by atoms with E-state index in [0.717, 1.165) is 13.1 Å². The Hall–Kier alpha value is -2.13. The molecular formula is C28H37NO2. The lowest BCUT2D eigenvalue weighted by molar-refractivity contribution is -0.683. The molecule has 2 aliphatic rings. The Labute approximate surface area is 187 Å². The van der Waals surface area contributed by atoms with E-state index in [4.69, 9.17) is 0 Å². The summed E-state index contributed by atoms with van der Waals surface area (Å²) in [6.07, 6.45) is 6.38. The number of nitrogens with two attached hydrogens (primary N) is 1. The van der Waals surface area contributed by atoms with Crippen molar-refractivity contribution in [1.29, 1.82) is 0 Å². The molecule has 0 unspecified atom stereocenters. The molecule has 0 heterocycles. The van der Waals surface area contributed by atoms with Crippen LogP contribution in [0.1, 0.15) is 91.9 Å². The molecule has 0 bridgehead atoms. The highest BCUT2D eigenvalue weighted by Crippen LogP contribution is 2.56. The van der Waals surface area contributed by atoms with Crippen LogP contribution in [0.15, 0.2) is 42.5 Å². The van der Waals surface area contributed by atoms with Crippen LogP contribution in [0.4, 0.5) is 0 Å². The van der Waals surface area contributed by atoms with Gasteiger partial charge < -0.3 is 15.2 Å². The molecule has 0 aliphatic heterocycles. The van der Waals surface area contributed by atoms with Gasteiger partial charge in [0.1, 0.15) is 6.54 Å². The van der Waals surface area contributed by atoms with E-state index in [2.05, 4.69) is 51.2 Å². The zero-order valence-corrected chi connectivity index (χ0v) is 19.5. The first kappa shape index (κ1) is 22.1. The molecule has 0 aromatic heterocycles. The molecule has 0 saturated heterocycles. The number of carboxylic acids is 1. The van der Waals surface area contributed by atoms with E-state index in [1.807, 2.05) is 12.1 Å². The largest absolute Gasteiger partial charge is 0.545 e. The number of carbonyl (C=O) groups excluding carboxylic acids is 1. The number of hydrogen-bond acceptors (Lipinski definition) is 2. The lowest BCUT2D eigenvalue weighted by atomic mass is 9.49. The summed E-state index contributed by atoms with van der Waals surface area (Å²) < 4.78 is 0. The van der Waals surface area contributed by atoms with Crippen molar-refractivity contribution in [2.45, 2.75) is 77.7 Å². The van der Waals surface area contributed by atoms with Gasteiger partial charge in [0, 0.05) is 11.0 Å². The molecule has 2 aromatic rings. The van der Waals surface area contributed by atoms with Crippen LogP contribution in [0.25, 0.3) is 0 Å². The fourth-order valence-electron chi connectivity index (χ4n) is 6.59. The Kier molecular flexibility index (Phi) is 6.00. The molecule has 0 radical (unpaired) electrons. The van der Waals surface area contributed by atoms with Gasteiger partial charge in [0.15, 0.2) is 0 Å². The predicted molar refractivity (Wildman–Crippen MR) is 123 cm³/mol. The Balaban J connectivity index is 1.48. The molecule has 31 heavy (non-hydrogen) atoms. The monoisotopic (exact) mass is 419 g/mol. The number of hydrogen-bond donors (Lipinski definition) is 1. The zero-order chi connectivity index (χ0) is 22.2. The molecule has 2 aromatic carbocycles. The SMILES string of the molecule is CC(C)c1ccc2c(c1)CC[C@H]1[C@@](C)(C[NH2+]Cc3ccc(C(=O)[O-])cc3)CCC[C@]21C. The minimum atomic E-state index is -1.11. The van der Waals surface area contributed by atoms with Crippen LogP contribution < -0.4 is 10.4 Å². The first-order chi connectivity index (χ1) is 14.7. The maximum absolute atomic E-state index is 11.0. The summed E-state index contributed by atoms with van der Waals surface area (Å²) in [5.41, 5.74) is 6.69. The lowest BCUT2D eigenvalue weighted by Gasteiger charge is -2.54. The Morgan fingerprint density at radius 2 is 1.87 bits per heavy atom. The van der Waals surface area contributed by atoms with E-state index in [9.17, 15) is 9.90 Å². The Bertz CT molecular complexity index is 948. The Morgan fingerprint density at radius 3 is 2.55 bits per heavy atom. The summed E-state index contributed by atoms with van der Waals surface area (Å²) in [4.78, 5) is 11.0. The maximum atomic E-state index is 11.0. The van der Waals surface area contributed by atoms with Gasteiger partial charge in [-0.2, -0.15) is 0 Å². The smallest absolute Gasteiger partial charge is 0.101 e. The second-order valence-corrected chi connectivity index (χ2v) is 10.8. The summed E-state index contributed by atoms with van der Waals surface area (Å²) in [5.74, 6) is 0.188. The van der Waals surface area contributed by atoms with Crippen molar-refractivity contribution < 1.29 is 15.2 Å². The topological polar surface area (TPSA) is 56.7 Å². The number of aromatic carboxylic acids is 1. The Morgan fingerprint density at radius 1 is 1.13 bits per heavy atom. The molecule has 1 fully saturated rings. The van der Waals surface area contributed by atoms with Gasteiger partial charge in [-0.3, -0.25) is 0 Å². The van der Waals surface area contributed by atoms with Gasteiger partial charge in [-0.15, -0.1) is 0 Å². The predicted octanol–water partition coefficient (Wildman–Crippen LogP) is 3.95. The molecule has 3 heteroatoms. The molecule has 3 atom stereocenters. The molecule has 166 valence electrons. The minimum Gasteiger partial charge on any atom is -0.545 e. The van der Waals surface area contributed by atoms with Crippen LogP contribution in [0.5, 0.6) is 0 Å². The van der Waals surface area contributed by atoms with Crippen LogP contribution in [0.3, 0.4) is 0 Å². The number of fused-ring (bicyclic) bond motifs is 3. The summed E-state index contributed by atoms with van der Waals surface area (Å²) in [6, 6.07) is 14.4. The van der Waals surface area contributed by atoms with Crippen molar-refractivity contribution in [1.82, 2.24) is 0 Å². The highest BCUT2D eigenvalue weighted by Gasteiger charge is 2.52. The summed E-state index contributed by atoms with van der Waals surface area (Å²) in [7, 11) is 0. The summed E-state index contributed by atoms with van der Waals surface area (Å²) >= 11 is 0. The van der Waals surface area contributed by atoms with Crippen LogP contribution >= 0.6 is 0 Å². The third kappa shape index (κ3) is 4.17. The molecule has 2 aliphatic carbocycles. The molecular weight excluding hydrogens is 382 g/mol. The minimum absolute atomic E-state index is 0.250. The molecule has 0 spiro atoms. The highest BCUT2D eigenvalue weighted by atomic mass is 16.4. The van der Waals surface area contributed by atoms with Crippen molar-refractivity contribution in [3.8, 4) is 0 Å². The standard InChI is InChI=1S/C28H37NO2/c1-19(2)22-10-12-24-23(16-22)11-13-25-27(3,14-5-15-28(24,25)4)18-29-17-20-6-8-21(9-7-20)26(30)31/h6-10,12,16,19,25,29H,5,11,13-15,17-18H2,1-4H3,(H,30,31)/t25-,27+,28+/m0/s1. The van der Waals surface area contributed by atoms with E-state index in [1.165, 1.54) is 43.2 Å². The summed E-state index contributed by atoms with van der Waals surface area (Å²) in [6.45, 7) is 11.6. The fraction of sp³-hybridized carbons (Fsp3) is 0.536. The van der Waals surface area contributed by atoms with Gasteiger partial charge in [-0.05, 0) is 65.2 Å². The third-order valence-corrected chi connectivity index (χ3v) is 8.35. The lowest BCUT2D eigenvalue weighted by Crippen LogP contribution is -2.86. The number of rotatable bonds is 6. The third-order valence-electron chi connectivity index (χ3n) is 8.35. The van der Waals surface area contributed by atoms with Crippen molar-refractivity contribution in [2.24, 2.45) is 11.3 Å². The first-order valence-electron chi connectivity index (χ1n) is 12.0. The molecule has 1 saturated carbocycles. The maximum Gasteiger partial charge on any atom is 0.101 e. The van der Waals surface area contributed by atoms with Crippen molar-refractivity contribution in [2.75, 3.05) is 6.54 Å². The van der Waals surface area contributed by atoms with Gasteiger partial charge in [0.25, 0.3) is 0 Å². The number of aryl methyl sites for hydroxylation is 1. The van der Waals surface area contributed by atoms with Gasteiger partial charge in [-0.25, -0.2) is 0 Å². The van der Waals surface area contributed by atoms with Crippen molar-refractivity contribution in [3.05, 3.63) is 70.3 Å². The molecule has 3 nitrogen and oxygen atoms in total. The van der Waals surface area contributed by atoms with Gasteiger partial charge in [0.05, 0.1) is 12.5 Å². The number of carbonyl (C=O) groups is 1. The van der Waals surface area contributed by atoms with E-state index < -0.39 is 5.97 Å². The van der Waals surface area contributed by atoms with Crippen LogP contribution in [-0.2, 0) is 18.4 Å². The number of quaternary nitrogens is 1. The van der Waals surface area contributed by atoms with Crippen LogP contribution in [-0.4, -0.2) is 12.5 Å². The van der Waals surface area contributed by atoms with Gasteiger partial charge in [0.2, 0.25) is 0 Å². The molecule has 0 amide bonds. The highest BCUT2D eigenvalue weighted by molar-refractivity contribution is 5.85. The summed E-state index contributed by atoms with van der Waals surface area (Å²) in [5, 5.41) is 13.4. The first-order valence-corrected chi connectivity index (χ1v) is 12.0. The number of benzene rings is 2. The fourth-order valence-corrected chi connectivity index (χ4v) is 6.59. The average molecular weight is 420 g/mol. The quantitative estimate of drug-likeness (QED) is 0.771. The van der Waals surface area contributed by atoms with Crippen molar-refractivity contribution >= 4 is 5.97 Å². The second-order valence-electron chi connectivity index (χ2n) is 10.8. The van der Waals surface area contributed by atoms with E-state index in [1.54, 1.807) is 23.3 Å². The van der Waals surface area contributed by atoms with E-state index in [-0.39, 0.29) is 11.0 Å². The van der Waals surface area contributed by atoms with Gasteiger partial charge in [-0.1, -0.05) is 76.6 Å². The normalized spacial score (nSPS) is 27.6. The molecule has 2 N–H and O–H groups in total. The second kappa shape index (κ2) is 8.43. The molecule has 4 rings (SSSR count). The van der Waals surface area contributed by atoms with Gasteiger partial charge >= 0.3 is 0 Å². The van der Waals surface area contributed by atoms with E-state index in [0.29, 0.717) is 17.3 Å². The average Bonchev–Trinajstić information content (AvgIpc) is 2.73.